The molecule has 1 N–H and O–H groups in total. The minimum absolute atomic E-state index is 0.213. The Morgan fingerprint density at radius 2 is 1.89 bits per heavy atom. The summed E-state index contributed by atoms with van der Waals surface area (Å²) in [7, 11) is 0. The summed E-state index contributed by atoms with van der Waals surface area (Å²) < 4.78 is 0. The second-order valence-electron chi connectivity index (χ2n) is 6.11. The van der Waals surface area contributed by atoms with Crippen LogP contribution in [0.5, 0.6) is 0 Å². The summed E-state index contributed by atoms with van der Waals surface area (Å²) in [4.78, 5) is 32.2. The number of hydrogen-bond acceptors (Lipinski definition) is 4. The van der Waals surface area contributed by atoms with Gasteiger partial charge < -0.3 is 10.2 Å². The second-order valence-corrected chi connectivity index (χ2v) is 7.55. The molecule has 0 bridgehead atoms. The molecule has 1 atom stereocenters. The zero-order chi connectivity index (χ0) is 18.8. The van der Waals surface area contributed by atoms with E-state index in [1.807, 2.05) is 36.4 Å². The Balaban J connectivity index is 1.66. The number of amides is 2. The van der Waals surface area contributed by atoms with Crippen LogP contribution in [0.1, 0.15) is 21.3 Å². The Kier molecular flexibility index (Phi) is 4.92. The zero-order valence-corrected chi connectivity index (χ0v) is 15.8. The van der Waals surface area contributed by atoms with Gasteiger partial charge in [0.15, 0.2) is 0 Å². The summed E-state index contributed by atoms with van der Waals surface area (Å²) >= 11 is 7.62. The molecule has 2 amide bonds. The van der Waals surface area contributed by atoms with Crippen molar-refractivity contribution in [2.45, 2.75) is 6.04 Å². The molecule has 0 unspecified atom stereocenters. The van der Waals surface area contributed by atoms with E-state index in [4.69, 9.17) is 11.6 Å². The van der Waals surface area contributed by atoms with Crippen LogP contribution in [0, 0.1) is 0 Å². The first-order valence-corrected chi connectivity index (χ1v) is 9.69. The summed E-state index contributed by atoms with van der Waals surface area (Å²) in [6, 6.07) is 16.1. The SMILES string of the molecule is O=C1NCCN(C(=O)c2cnc(-c3ccccc3)s2)[C@H]1c1ccccc1Cl. The van der Waals surface area contributed by atoms with Crippen LogP contribution in [0.3, 0.4) is 0 Å². The lowest BCUT2D eigenvalue weighted by Gasteiger charge is -2.35. The topological polar surface area (TPSA) is 62.3 Å². The number of aromatic nitrogens is 1. The van der Waals surface area contributed by atoms with Crippen molar-refractivity contribution < 1.29 is 9.59 Å². The molecule has 1 aliphatic heterocycles. The van der Waals surface area contributed by atoms with Crippen LogP contribution in [0.15, 0.2) is 60.8 Å². The number of hydrogen-bond donors (Lipinski definition) is 1. The third kappa shape index (κ3) is 3.46. The lowest BCUT2D eigenvalue weighted by Crippen LogP contribution is -2.52. The van der Waals surface area contributed by atoms with Crippen LogP contribution in [0.25, 0.3) is 10.6 Å². The highest BCUT2D eigenvalue weighted by Gasteiger charge is 2.36. The fraction of sp³-hybridized carbons (Fsp3) is 0.150. The number of carbonyl (C=O) groups is 2. The fourth-order valence-corrected chi connectivity index (χ4v) is 4.24. The van der Waals surface area contributed by atoms with E-state index in [1.165, 1.54) is 11.3 Å². The highest BCUT2D eigenvalue weighted by atomic mass is 35.5. The Morgan fingerprint density at radius 3 is 2.67 bits per heavy atom. The van der Waals surface area contributed by atoms with Crippen molar-refractivity contribution in [1.82, 2.24) is 15.2 Å². The molecule has 2 aromatic carbocycles. The molecule has 1 aromatic heterocycles. The minimum Gasteiger partial charge on any atom is -0.352 e. The van der Waals surface area contributed by atoms with Crippen molar-refractivity contribution in [2.75, 3.05) is 13.1 Å². The Morgan fingerprint density at radius 1 is 1.15 bits per heavy atom. The third-order valence-corrected chi connectivity index (χ3v) is 5.79. The first-order valence-electron chi connectivity index (χ1n) is 8.49. The number of halogens is 1. The number of benzene rings is 2. The van der Waals surface area contributed by atoms with Crippen molar-refractivity contribution in [3.63, 3.8) is 0 Å². The maximum atomic E-state index is 13.2. The van der Waals surface area contributed by atoms with Crippen LogP contribution >= 0.6 is 22.9 Å². The molecular formula is C20H16ClN3O2S. The molecule has 0 saturated carbocycles. The average molecular weight is 398 g/mol. The predicted octanol–water partition coefficient (Wildman–Crippen LogP) is 3.78. The van der Waals surface area contributed by atoms with E-state index >= 15 is 0 Å². The van der Waals surface area contributed by atoms with Crippen LogP contribution in [-0.2, 0) is 4.79 Å². The third-order valence-electron chi connectivity index (χ3n) is 4.41. The van der Waals surface area contributed by atoms with Gasteiger partial charge in [-0.3, -0.25) is 9.59 Å². The molecule has 2 heterocycles. The minimum atomic E-state index is -0.748. The molecule has 4 rings (SSSR count). The normalized spacial score (nSPS) is 16.9. The van der Waals surface area contributed by atoms with Gasteiger partial charge in [0.2, 0.25) is 5.91 Å². The van der Waals surface area contributed by atoms with Crippen LogP contribution in [0.4, 0.5) is 0 Å². The quantitative estimate of drug-likeness (QED) is 0.731. The highest BCUT2D eigenvalue weighted by molar-refractivity contribution is 7.16. The standard InChI is InChI=1S/C20H16ClN3O2S/c21-15-9-5-4-8-14(15)17-18(25)22-10-11-24(17)20(26)16-12-23-19(27-16)13-6-2-1-3-7-13/h1-9,12,17H,10-11H2,(H,22,25)/t17-/m0/s1. The lowest BCUT2D eigenvalue weighted by atomic mass is 10.0. The van der Waals surface area contributed by atoms with Gasteiger partial charge in [-0.1, -0.05) is 60.1 Å². The maximum absolute atomic E-state index is 13.2. The summed E-state index contributed by atoms with van der Waals surface area (Å²) in [6.45, 7) is 0.828. The van der Waals surface area contributed by atoms with Crippen LogP contribution in [-0.4, -0.2) is 34.8 Å². The van der Waals surface area contributed by atoms with E-state index in [9.17, 15) is 9.59 Å². The molecule has 27 heavy (non-hydrogen) atoms. The van der Waals surface area contributed by atoms with Crippen molar-refractivity contribution >= 4 is 34.8 Å². The van der Waals surface area contributed by atoms with E-state index in [0.29, 0.717) is 28.6 Å². The molecule has 1 fully saturated rings. The van der Waals surface area contributed by atoms with Crippen molar-refractivity contribution in [3.05, 3.63) is 76.3 Å². The largest absolute Gasteiger partial charge is 0.352 e. The summed E-state index contributed by atoms with van der Waals surface area (Å²) in [5.74, 6) is -0.440. The first kappa shape index (κ1) is 17.7. The fourth-order valence-electron chi connectivity index (χ4n) is 3.12. The predicted molar refractivity (Wildman–Crippen MR) is 106 cm³/mol. The molecule has 1 saturated heterocycles. The Hall–Kier alpha value is -2.70. The Bertz CT molecular complexity index is 990. The van der Waals surface area contributed by atoms with Crippen LogP contribution in [0.2, 0.25) is 5.02 Å². The van der Waals surface area contributed by atoms with E-state index in [-0.39, 0.29) is 11.8 Å². The molecule has 0 radical (unpaired) electrons. The molecule has 3 aromatic rings. The summed E-state index contributed by atoms with van der Waals surface area (Å²) in [6.07, 6.45) is 1.57. The average Bonchev–Trinajstić information content (AvgIpc) is 3.19. The molecule has 5 nitrogen and oxygen atoms in total. The van der Waals surface area contributed by atoms with Gasteiger partial charge >= 0.3 is 0 Å². The Labute approximate surface area is 165 Å². The molecule has 1 aliphatic rings. The molecule has 7 heteroatoms. The molecular weight excluding hydrogens is 382 g/mol. The van der Waals surface area contributed by atoms with E-state index in [2.05, 4.69) is 10.3 Å². The number of nitrogens with zero attached hydrogens (tertiary/aromatic N) is 2. The maximum Gasteiger partial charge on any atom is 0.266 e. The number of nitrogens with one attached hydrogen (secondary N) is 1. The van der Waals surface area contributed by atoms with Crippen LogP contribution < -0.4 is 5.32 Å². The molecule has 0 spiro atoms. The number of carbonyl (C=O) groups excluding carboxylic acids is 2. The van der Waals surface area contributed by atoms with Gasteiger partial charge in [0.25, 0.3) is 5.91 Å². The monoisotopic (exact) mass is 397 g/mol. The van der Waals surface area contributed by atoms with Gasteiger partial charge in [-0.15, -0.1) is 11.3 Å². The van der Waals surface area contributed by atoms with Gasteiger partial charge in [0, 0.05) is 29.2 Å². The highest BCUT2D eigenvalue weighted by Crippen LogP contribution is 2.32. The van der Waals surface area contributed by atoms with E-state index in [1.54, 1.807) is 29.3 Å². The number of rotatable bonds is 3. The second kappa shape index (κ2) is 7.50. The van der Waals surface area contributed by atoms with Gasteiger partial charge in [0.05, 0.1) is 6.20 Å². The summed E-state index contributed by atoms with van der Waals surface area (Å²) in [5.41, 5.74) is 1.58. The van der Waals surface area contributed by atoms with Gasteiger partial charge in [-0.05, 0) is 6.07 Å². The van der Waals surface area contributed by atoms with Crippen molar-refractivity contribution in [3.8, 4) is 10.6 Å². The number of thiazole rings is 1. The van der Waals surface area contributed by atoms with Gasteiger partial charge in [-0.25, -0.2) is 4.98 Å². The van der Waals surface area contributed by atoms with Crippen molar-refractivity contribution in [2.24, 2.45) is 0 Å². The first-order chi connectivity index (χ1) is 13.1. The van der Waals surface area contributed by atoms with E-state index < -0.39 is 6.04 Å². The van der Waals surface area contributed by atoms with Gasteiger partial charge in [-0.2, -0.15) is 0 Å². The number of piperazine rings is 1. The van der Waals surface area contributed by atoms with Crippen molar-refractivity contribution in [1.29, 1.82) is 0 Å². The van der Waals surface area contributed by atoms with E-state index in [0.717, 1.165) is 10.6 Å². The summed E-state index contributed by atoms with van der Waals surface area (Å²) in [5, 5.41) is 4.06. The molecule has 136 valence electrons. The molecule has 0 aliphatic carbocycles. The smallest absolute Gasteiger partial charge is 0.266 e. The zero-order valence-electron chi connectivity index (χ0n) is 14.3. The lowest BCUT2D eigenvalue weighted by molar-refractivity contribution is -0.128. The van der Waals surface area contributed by atoms with Gasteiger partial charge in [0.1, 0.15) is 15.9 Å².